The van der Waals surface area contributed by atoms with Gasteiger partial charge in [0.05, 0.1) is 7.11 Å². The fourth-order valence-electron chi connectivity index (χ4n) is 1.18. The van der Waals surface area contributed by atoms with Crippen LogP contribution in [0.4, 0.5) is 10.1 Å². The number of hydrogen-bond donors (Lipinski definition) is 1. The third kappa shape index (κ3) is 1.97. The van der Waals surface area contributed by atoms with E-state index in [-0.39, 0.29) is 11.4 Å². The molecule has 0 spiro atoms. The predicted octanol–water partition coefficient (Wildman–Crippen LogP) is 0.0753. The Kier molecular flexibility index (Phi) is 2.79. The molecule has 8 heteroatoms. The van der Waals surface area contributed by atoms with E-state index in [9.17, 15) is 14.0 Å². The number of hydrogen-bond acceptors (Lipinski definition) is 7. The van der Waals surface area contributed by atoms with Gasteiger partial charge >= 0.3 is 11.9 Å². The third-order valence-corrected chi connectivity index (χ3v) is 1.94. The molecule has 0 atom stereocenters. The highest BCUT2D eigenvalue weighted by atomic mass is 19.1. The van der Waals surface area contributed by atoms with Gasteiger partial charge in [-0.05, 0) is 17.7 Å². The van der Waals surface area contributed by atoms with Crippen molar-refractivity contribution in [1.29, 1.82) is 0 Å². The highest BCUT2D eigenvalue weighted by molar-refractivity contribution is 6.30. The Hall–Kier alpha value is -2.35. The number of rotatable bonds is 2. The lowest BCUT2D eigenvalue weighted by molar-refractivity contribution is -0.192. The second-order valence-electron chi connectivity index (χ2n) is 2.95. The second-order valence-corrected chi connectivity index (χ2v) is 2.95. The van der Waals surface area contributed by atoms with Crippen LogP contribution in [0.15, 0.2) is 18.2 Å². The van der Waals surface area contributed by atoms with Gasteiger partial charge in [-0.15, -0.1) is 0 Å². The molecule has 0 amide bonds. The lowest BCUT2D eigenvalue weighted by Crippen LogP contribution is -2.49. The van der Waals surface area contributed by atoms with Gasteiger partial charge in [0, 0.05) is 0 Å². The number of ether oxygens (including phenoxy) is 1. The average Bonchev–Trinajstić information content (AvgIpc) is 2.33. The Bertz CT molecular complexity index is 478. The van der Waals surface area contributed by atoms with Crippen LogP contribution in [0.25, 0.3) is 0 Å². The molecule has 1 aromatic carbocycles. The molecule has 0 bridgehead atoms. The number of nitrogens with one attached hydrogen (secondary N) is 1. The van der Waals surface area contributed by atoms with E-state index in [0.717, 1.165) is 0 Å². The zero-order chi connectivity index (χ0) is 12.4. The van der Waals surface area contributed by atoms with Crippen LogP contribution in [0.5, 0.6) is 5.75 Å². The fraction of sp³-hybridized carbons (Fsp3) is 0.111. The van der Waals surface area contributed by atoms with Crippen LogP contribution < -0.4 is 15.5 Å². The Morgan fingerprint density at radius 1 is 1.35 bits per heavy atom. The van der Waals surface area contributed by atoms with Crippen LogP contribution in [0.2, 0.25) is 0 Å². The van der Waals surface area contributed by atoms with Gasteiger partial charge in [-0.2, -0.15) is 0 Å². The maximum absolute atomic E-state index is 13.7. The first-order chi connectivity index (χ1) is 8.13. The van der Waals surface area contributed by atoms with E-state index >= 15 is 0 Å². The molecule has 7 nitrogen and oxygen atoms in total. The van der Waals surface area contributed by atoms with E-state index in [1.165, 1.54) is 25.3 Å². The minimum Gasteiger partial charge on any atom is -0.494 e. The smallest absolute Gasteiger partial charge is 0.444 e. The van der Waals surface area contributed by atoms with Crippen molar-refractivity contribution in [2.75, 3.05) is 12.3 Å². The molecule has 2 rings (SSSR count). The highest BCUT2D eigenvalue weighted by Gasteiger charge is 2.31. The van der Waals surface area contributed by atoms with Crippen LogP contribution in [0.3, 0.4) is 0 Å². The minimum atomic E-state index is -1.26. The Morgan fingerprint density at radius 3 is 2.76 bits per heavy atom. The van der Waals surface area contributed by atoms with Gasteiger partial charge in [-0.1, -0.05) is 11.2 Å². The summed E-state index contributed by atoms with van der Waals surface area (Å²) < 4.78 is 18.5. The summed E-state index contributed by atoms with van der Waals surface area (Å²) in [5.74, 6) is -3.29. The molecule has 1 fully saturated rings. The number of nitrogens with zero attached hydrogens (tertiary/aromatic N) is 1. The molecular formula is C9H7FN2O5. The number of anilines is 1. The summed E-state index contributed by atoms with van der Waals surface area (Å²) in [7, 11) is 1.29. The first-order valence-electron chi connectivity index (χ1n) is 4.45. The van der Waals surface area contributed by atoms with Gasteiger partial charge in [0.15, 0.2) is 11.6 Å². The third-order valence-electron chi connectivity index (χ3n) is 1.94. The van der Waals surface area contributed by atoms with E-state index in [2.05, 4.69) is 9.68 Å². The van der Waals surface area contributed by atoms with Crippen molar-refractivity contribution in [3.8, 4) is 5.75 Å². The number of methoxy groups -OCH3 is 1. The van der Waals surface area contributed by atoms with Crippen molar-refractivity contribution >= 4 is 17.6 Å². The first kappa shape index (κ1) is 11.1. The summed E-state index contributed by atoms with van der Waals surface area (Å²) in [6, 6.07) is 4.16. The van der Waals surface area contributed by atoms with E-state index in [1.807, 2.05) is 5.59 Å². The monoisotopic (exact) mass is 242 g/mol. The fourth-order valence-corrected chi connectivity index (χ4v) is 1.18. The Morgan fingerprint density at radius 2 is 2.12 bits per heavy atom. The zero-order valence-electron chi connectivity index (χ0n) is 8.60. The molecule has 0 unspecified atom stereocenters. The molecule has 0 saturated carbocycles. The standard InChI is InChI=1S/C9H7FN2O5/c1-15-6-4-2-3-5(7(6)10)12-11-16-8(13)9(14)17-12/h2-4,11H,1H3. The van der Waals surface area contributed by atoms with Crippen molar-refractivity contribution in [3.05, 3.63) is 24.0 Å². The van der Waals surface area contributed by atoms with Crippen LogP contribution in [-0.2, 0) is 19.3 Å². The van der Waals surface area contributed by atoms with Crippen molar-refractivity contribution in [2.45, 2.75) is 0 Å². The molecule has 1 heterocycles. The molecule has 1 aliphatic heterocycles. The minimum absolute atomic E-state index is 0.0442. The van der Waals surface area contributed by atoms with Crippen molar-refractivity contribution < 1.29 is 28.4 Å². The Balaban J connectivity index is 2.29. The largest absolute Gasteiger partial charge is 0.494 e. The second kappa shape index (κ2) is 4.26. The van der Waals surface area contributed by atoms with Crippen LogP contribution >= 0.6 is 0 Å². The topological polar surface area (TPSA) is 77.1 Å². The maximum atomic E-state index is 13.7. The molecule has 0 radical (unpaired) electrons. The SMILES string of the molecule is COc1cccc(N2NOC(=O)C(=O)O2)c1F. The van der Waals surface area contributed by atoms with Crippen molar-refractivity contribution in [1.82, 2.24) is 5.59 Å². The molecule has 90 valence electrons. The van der Waals surface area contributed by atoms with Gasteiger partial charge in [0.2, 0.25) is 0 Å². The van der Waals surface area contributed by atoms with Gasteiger partial charge in [-0.25, -0.2) is 14.0 Å². The number of benzene rings is 1. The van der Waals surface area contributed by atoms with E-state index < -0.39 is 17.8 Å². The van der Waals surface area contributed by atoms with Gasteiger partial charge in [0.25, 0.3) is 0 Å². The molecule has 17 heavy (non-hydrogen) atoms. The number of carbonyl (C=O) groups excluding carboxylic acids is 2. The van der Waals surface area contributed by atoms with Crippen LogP contribution in [-0.4, -0.2) is 19.0 Å². The normalized spacial score (nSPS) is 15.3. The van der Waals surface area contributed by atoms with Gasteiger partial charge < -0.3 is 14.4 Å². The highest BCUT2D eigenvalue weighted by Crippen LogP contribution is 2.27. The average molecular weight is 242 g/mol. The molecule has 0 aromatic heterocycles. The van der Waals surface area contributed by atoms with Gasteiger partial charge in [-0.3, -0.25) is 0 Å². The van der Waals surface area contributed by atoms with Crippen molar-refractivity contribution in [3.63, 3.8) is 0 Å². The molecular weight excluding hydrogens is 235 g/mol. The van der Waals surface area contributed by atoms with Crippen LogP contribution in [0, 0.1) is 5.82 Å². The molecule has 1 aromatic rings. The predicted molar refractivity (Wildman–Crippen MR) is 50.8 cm³/mol. The summed E-state index contributed by atoms with van der Waals surface area (Å²) in [5.41, 5.74) is 1.79. The summed E-state index contributed by atoms with van der Waals surface area (Å²) in [6.45, 7) is 0. The first-order valence-corrected chi connectivity index (χ1v) is 4.45. The quantitative estimate of drug-likeness (QED) is 0.735. The summed E-state index contributed by atoms with van der Waals surface area (Å²) in [4.78, 5) is 30.3. The van der Waals surface area contributed by atoms with Gasteiger partial charge in [0.1, 0.15) is 5.69 Å². The van der Waals surface area contributed by atoms with E-state index in [0.29, 0.717) is 5.17 Å². The molecule has 1 saturated heterocycles. The lowest BCUT2D eigenvalue weighted by Gasteiger charge is -2.25. The van der Waals surface area contributed by atoms with Crippen LogP contribution in [0.1, 0.15) is 0 Å². The molecule has 1 aliphatic rings. The summed E-state index contributed by atoms with van der Waals surface area (Å²) >= 11 is 0. The maximum Gasteiger partial charge on any atom is 0.444 e. The lowest BCUT2D eigenvalue weighted by atomic mass is 10.3. The number of hydrazine groups is 1. The van der Waals surface area contributed by atoms with E-state index in [1.54, 1.807) is 0 Å². The Labute approximate surface area is 94.5 Å². The molecule has 0 aliphatic carbocycles. The number of carbonyl (C=O) groups is 2. The molecule has 1 N–H and O–H groups in total. The summed E-state index contributed by atoms with van der Waals surface area (Å²) in [6.07, 6.45) is 0. The van der Waals surface area contributed by atoms with E-state index in [4.69, 9.17) is 4.74 Å². The van der Waals surface area contributed by atoms with Crippen molar-refractivity contribution in [2.24, 2.45) is 0 Å². The summed E-state index contributed by atoms with van der Waals surface area (Å²) in [5, 5.41) is 0.585. The number of halogens is 1. The zero-order valence-corrected chi connectivity index (χ0v) is 8.60.